The minimum absolute atomic E-state index is 0.0287. The Labute approximate surface area is 143 Å². The van der Waals surface area contributed by atoms with E-state index >= 15 is 0 Å². The van der Waals surface area contributed by atoms with E-state index in [4.69, 9.17) is 0 Å². The Hall–Kier alpha value is -2.56. The van der Waals surface area contributed by atoms with Gasteiger partial charge in [-0.25, -0.2) is 5.43 Å². The van der Waals surface area contributed by atoms with Gasteiger partial charge in [0.25, 0.3) is 5.91 Å². The predicted octanol–water partition coefficient (Wildman–Crippen LogP) is 3.74. The fourth-order valence-electron chi connectivity index (χ4n) is 2.45. The molecule has 1 aromatic heterocycles. The number of rotatable bonds is 5. The molecule has 0 aliphatic heterocycles. The van der Waals surface area contributed by atoms with Crippen molar-refractivity contribution in [1.82, 2.24) is 9.99 Å². The largest absolute Gasteiger partial charge is 0.507 e. The molecular formula is C19H25N3O2. The second-order valence-electron chi connectivity index (χ2n) is 6.56. The third-order valence-electron chi connectivity index (χ3n) is 4.04. The number of phenolic OH excluding ortho intramolecular Hbond substituents is 1. The van der Waals surface area contributed by atoms with Crippen LogP contribution in [0.25, 0.3) is 0 Å². The Bertz CT molecular complexity index is 758. The summed E-state index contributed by atoms with van der Waals surface area (Å²) in [5.41, 5.74) is 5.42. The zero-order valence-electron chi connectivity index (χ0n) is 14.9. The molecule has 0 saturated heterocycles. The van der Waals surface area contributed by atoms with E-state index in [1.807, 2.05) is 49.9 Å². The molecule has 0 saturated carbocycles. The molecule has 2 rings (SSSR count). The van der Waals surface area contributed by atoms with Gasteiger partial charge in [0.1, 0.15) is 5.75 Å². The first-order chi connectivity index (χ1) is 11.3. The molecule has 0 bridgehead atoms. The molecule has 0 atom stereocenters. The maximum atomic E-state index is 12.4. The Morgan fingerprint density at radius 3 is 2.50 bits per heavy atom. The minimum Gasteiger partial charge on any atom is -0.507 e. The van der Waals surface area contributed by atoms with E-state index in [0.717, 1.165) is 16.8 Å². The maximum Gasteiger partial charge on any atom is 0.275 e. The van der Waals surface area contributed by atoms with Gasteiger partial charge in [-0.1, -0.05) is 33.8 Å². The van der Waals surface area contributed by atoms with Crippen molar-refractivity contribution in [2.24, 2.45) is 12.1 Å². The minimum atomic E-state index is -0.414. The fourth-order valence-corrected chi connectivity index (χ4v) is 2.45. The average Bonchev–Trinajstić information content (AvgIpc) is 2.92. The van der Waals surface area contributed by atoms with Crippen LogP contribution >= 0.6 is 0 Å². The molecule has 0 radical (unpaired) electrons. The lowest BCUT2D eigenvalue weighted by Crippen LogP contribution is -2.19. The number of hydrazone groups is 1. The Morgan fingerprint density at radius 1 is 1.25 bits per heavy atom. The van der Waals surface area contributed by atoms with Crippen molar-refractivity contribution in [3.63, 3.8) is 0 Å². The first-order valence-electron chi connectivity index (χ1n) is 8.12. The van der Waals surface area contributed by atoms with E-state index in [9.17, 15) is 9.90 Å². The summed E-state index contributed by atoms with van der Waals surface area (Å²) >= 11 is 0. The summed E-state index contributed by atoms with van der Waals surface area (Å²) in [4.78, 5) is 12.4. The summed E-state index contributed by atoms with van der Waals surface area (Å²) in [6.07, 6.45) is 3.47. The number of aromatic nitrogens is 1. The van der Waals surface area contributed by atoms with Crippen molar-refractivity contribution in [2.75, 3.05) is 0 Å². The van der Waals surface area contributed by atoms with Crippen molar-refractivity contribution in [2.45, 2.75) is 39.5 Å². The molecular weight excluding hydrogens is 302 g/mol. The molecule has 0 fully saturated rings. The monoisotopic (exact) mass is 327 g/mol. The summed E-state index contributed by atoms with van der Waals surface area (Å²) in [5.74, 6) is 0.00645. The van der Waals surface area contributed by atoms with Crippen LogP contribution in [0.15, 0.2) is 35.6 Å². The van der Waals surface area contributed by atoms with E-state index < -0.39 is 5.91 Å². The van der Waals surface area contributed by atoms with Gasteiger partial charge in [0.15, 0.2) is 0 Å². The molecule has 1 amide bonds. The molecule has 0 aliphatic rings. The number of nitrogens with zero attached hydrogens (tertiary/aromatic N) is 2. The zero-order valence-corrected chi connectivity index (χ0v) is 14.9. The first-order valence-corrected chi connectivity index (χ1v) is 8.12. The molecule has 128 valence electrons. The number of nitrogens with one attached hydrogen (secondary N) is 1. The topological polar surface area (TPSA) is 66.6 Å². The number of hydrogen-bond donors (Lipinski definition) is 2. The van der Waals surface area contributed by atoms with Crippen molar-refractivity contribution in [1.29, 1.82) is 0 Å². The highest BCUT2D eigenvalue weighted by Gasteiger charge is 2.18. The van der Waals surface area contributed by atoms with Crippen LogP contribution in [0.1, 0.15) is 66.7 Å². The number of carbonyl (C=O) groups excluding carboxylic acids is 1. The molecule has 1 aromatic carbocycles. The Balaban J connectivity index is 2.28. The molecule has 0 aliphatic carbocycles. The van der Waals surface area contributed by atoms with Gasteiger partial charge >= 0.3 is 0 Å². The first kappa shape index (κ1) is 17.8. The number of aryl methyl sites for hydroxylation is 1. The Kier molecular flexibility index (Phi) is 5.44. The third-order valence-corrected chi connectivity index (χ3v) is 4.04. The summed E-state index contributed by atoms with van der Waals surface area (Å²) in [6, 6.07) is 7.49. The van der Waals surface area contributed by atoms with Gasteiger partial charge in [-0.2, -0.15) is 5.10 Å². The lowest BCUT2D eigenvalue weighted by Gasteiger charge is -2.16. The molecule has 1 heterocycles. The van der Waals surface area contributed by atoms with E-state index in [1.165, 1.54) is 0 Å². The van der Waals surface area contributed by atoms with Gasteiger partial charge in [-0.05, 0) is 41.2 Å². The van der Waals surface area contributed by atoms with Crippen molar-refractivity contribution >= 4 is 12.1 Å². The highest BCUT2D eigenvalue weighted by atomic mass is 16.3. The molecule has 0 unspecified atom stereocenters. The van der Waals surface area contributed by atoms with Crippen LogP contribution in [-0.4, -0.2) is 21.8 Å². The van der Waals surface area contributed by atoms with Crippen LogP contribution in [0, 0.1) is 0 Å². The van der Waals surface area contributed by atoms with Crippen LogP contribution in [0.4, 0.5) is 0 Å². The zero-order chi connectivity index (χ0) is 17.9. The normalized spacial score (nSPS) is 11.6. The number of amides is 1. The van der Waals surface area contributed by atoms with Crippen LogP contribution in [0.5, 0.6) is 5.75 Å². The van der Waals surface area contributed by atoms with E-state index in [0.29, 0.717) is 0 Å². The summed E-state index contributed by atoms with van der Waals surface area (Å²) in [5, 5.41) is 14.4. The molecule has 0 spiro atoms. The van der Waals surface area contributed by atoms with Gasteiger partial charge < -0.3 is 9.67 Å². The van der Waals surface area contributed by atoms with E-state index in [-0.39, 0.29) is 23.1 Å². The fraction of sp³-hybridized carbons (Fsp3) is 0.368. The van der Waals surface area contributed by atoms with E-state index in [1.54, 1.807) is 12.3 Å². The summed E-state index contributed by atoms with van der Waals surface area (Å²) in [7, 11) is 1.90. The third kappa shape index (κ3) is 3.85. The Morgan fingerprint density at radius 2 is 1.96 bits per heavy atom. The standard InChI is InChI=1S/C19H25N3O2/c1-12(2)14-9-16(13(3)4)18(23)17(10-14)19(24)21-20-11-15-7-6-8-22(15)5/h6-13,23H,1-5H3,(H,21,24)/b20-11+. The van der Waals surface area contributed by atoms with Gasteiger partial charge in [-0.3, -0.25) is 4.79 Å². The van der Waals surface area contributed by atoms with Crippen LogP contribution in [0.3, 0.4) is 0 Å². The highest BCUT2D eigenvalue weighted by molar-refractivity contribution is 5.98. The number of hydrogen-bond acceptors (Lipinski definition) is 3. The van der Waals surface area contributed by atoms with Crippen molar-refractivity contribution in [3.8, 4) is 5.75 Å². The number of carbonyl (C=O) groups is 1. The highest BCUT2D eigenvalue weighted by Crippen LogP contribution is 2.32. The van der Waals surface area contributed by atoms with Crippen LogP contribution in [-0.2, 0) is 7.05 Å². The SMILES string of the molecule is CC(C)c1cc(C(=O)N/N=C/c2cccn2C)c(O)c(C(C)C)c1. The number of phenols is 1. The quantitative estimate of drug-likeness (QED) is 0.649. The van der Waals surface area contributed by atoms with Gasteiger partial charge in [-0.15, -0.1) is 0 Å². The molecule has 2 N–H and O–H groups in total. The predicted molar refractivity (Wildman–Crippen MR) is 96.8 cm³/mol. The van der Waals surface area contributed by atoms with Crippen molar-refractivity contribution < 1.29 is 9.90 Å². The second kappa shape index (κ2) is 7.34. The molecule has 2 aromatic rings. The average molecular weight is 327 g/mol. The van der Waals surface area contributed by atoms with Gasteiger partial charge in [0.2, 0.25) is 0 Å². The van der Waals surface area contributed by atoms with Gasteiger partial charge in [0.05, 0.1) is 17.5 Å². The molecule has 24 heavy (non-hydrogen) atoms. The van der Waals surface area contributed by atoms with Crippen LogP contribution < -0.4 is 5.43 Å². The van der Waals surface area contributed by atoms with Crippen LogP contribution in [0.2, 0.25) is 0 Å². The number of benzene rings is 1. The van der Waals surface area contributed by atoms with Gasteiger partial charge in [0, 0.05) is 13.2 Å². The molecule has 5 nitrogen and oxygen atoms in total. The van der Waals surface area contributed by atoms with E-state index in [2.05, 4.69) is 24.4 Å². The second-order valence-corrected chi connectivity index (χ2v) is 6.56. The lowest BCUT2D eigenvalue weighted by molar-refractivity contribution is 0.0952. The smallest absolute Gasteiger partial charge is 0.275 e. The summed E-state index contributed by atoms with van der Waals surface area (Å²) in [6.45, 7) is 8.11. The lowest BCUT2D eigenvalue weighted by atomic mass is 9.92. The maximum absolute atomic E-state index is 12.4. The van der Waals surface area contributed by atoms with Crippen molar-refractivity contribution in [3.05, 3.63) is 52.8 Å². The molecule has 5 heteroatoms. The summed E-state index contributed by atoms with van der Waals surface area (Å²) < 4.78 is 1.89. The number of aromatic hydroxyl groups is 1.